The number of aliphatic hydroxyl groups is 1. The van der Waals surface area contributed by atoms with Gasteiger partial charge in [0.05, 0.1) is 12.1 Å². The molecular formula is C13H22F2N2O2. The lowest BCUT2D eigenvalue weighted by molar-refractivity contribution is -0.141. The first-order valence-electron chi connectivity index (χ1n) is 6.87. The lowest BCUT2D eigenvalue weighted by atomic mass is 9.85. The topological polar surface area (TPSA) is 52.6 Å². The van der Waals surface area contributed by atoms with E-state index in [-0.39, 0.29) is 44.1 Å². The van der Waals surface area contributed by atoms with Crippen molar-refractivity contribution in [2.45, 2.75) is 43.6 Å². The molecule has 6 heteroatoms. The van der Waals surface area contributed by atoms with Crippen molar-refractivity contribution >= 4 is 5.91 Å². The van der Waals surface area contributed by atoms with Crippen LogP contribution < -0.4 is 5.32 Å². The Morgan fingerprint density at radius 3 is 2.53 bits per heavy atom. The van der Waals surface area contributed by atoms with Crippen molar-refractivity contribution in [1.29, 1.82) is 0 Å². The molecule has 2 rings (SSSR count). The van der Waals surface area contributed by atoms with Crippen molar-refractivity contribution < 1.29 is 18.7 Å². The molecular weight excluding hydrogens is 254 g/mol. The number of β-amino-alcohol motifs (C(OH)–C–C–N with tert-alkyl or cyclic N) is 1. The SMILES string of the molecule is CN(CC1(O)CCNC1)C(=O)C1CCC(F)(F)CC1. The molecule has 1 aliphatic carbocycles. The molecule has 1 atom stereocenters. The van der Waals surface area contributed by atoms with Crippen LogP contribution in [0.3, 0.4) is 0 Å². The van der Waals surface area contributed by atoms with Gasteiger partial charge in [0.15, 0.2) is 0 Å². The van der Waals surface area contributed by atoms with Crippen LogP contribution in [0.1, 0.15) is 32.1 Å². The van der Waals surface area contributed by atoms with Crippen LogP contribution in [0.2, 0.25) is 0 Å². The molecule has 2 fully saturated rings. The van der Waals surface area contributed by atoms with Gasteiger partial charge < -0.3 is 15.3 Å². The van der Waals surface area contributed by atoms with Gasteiger partial charge in [-0.15, -0.1) is 0 Å². The maximum atomic E-state index is 13.1. The number of hydrogen-bond donors (Lipinski definition) is 2. The number of amides is 1. The zero-order chi connectivity index (χ0) is 14.1. The molecule has 0 aromatic carbocycles. The molecule has 2 N–H and O–H groups in total. The summed E-state index contributed by atoms with van der Waals surface area (Å²) in [5.41, 5.74) is -0.872. The molecule has 1 amide bonds. The molecule has 2 aliphatic rings. The van der Waals surface area contributed by atoms with Crippen molar-refractivity contribution in [1.82, 2.24) is 10.2 Å². The van der Waals surface area contributed by atoms with Crippen molar-refractivity contribution in [2.75, 3.05) is 26.7 Å². The van der Waals surface area contributed by atoms with Crippen LogP contribution in [-0.4, -0.2) is 54.1 Å². The molecule has 0 bridgehead atoms. The fourth-order valence-electron chi connectivity index (χ4n) is 2.98. The first-order valence-corrected chi connectivity index (χ1v) is 6.87. The van der Waals surface area contributed by atoms with Gasteiger partial charge in [0.25, 0.3) is 0 Å². The molecule has 1 unspecified atom stereocenters. The maximum Gasteiger partial charge on any atom is 0.248 e. The fourth-order valence-corrected chi connectivity index (χ4v) is 2.98. The number of halogens is 2. The number of nitrogens with zero attached hydrogens (tertiary/aromatic N) is 1. The van der Waals surface area contributed by atoms with Gasteiger partial charge in [-0.25, -0.2) is 8.78 Å². The van der Waals surface area contributed by atoms with E-state index in [1.807, 2.05) is 0 Å². The number of nitrogens with one attached hydrogen (secondary N) is 1. The zero-order valence-corrected chi connectivity index (χ0v) is 11.3. The number of rotatable bonds is 3. The Balaban J connectivity index is 1.86. The summed E-state index contributed by atoms with van der Waals surface area (Å²) in [6.45, 7) is 1.49. The third-order valence-electron chi connectivity index (χ3n) is 4.20. The van der Waals surface area contributed by atoms with E-state index < -0.39 is 11.5 Å². The van der Waals surface area contributed by atoms with E-state index in [0.29, 0.717) is 13.0 Å². The second kappa shape index (κ2) is 5.32. The molecule has 1 aliphatic heterocycles. The summed E-state index contributed by atoms with van der Waals surface area (Å²) in [4.78, 5) is 13.7. The third kappa shape index (κ3) is 3.63. The number of carbonyl (C=O) groups is 1. The molecule has 0 aromatic heterocycles. The van der Waals surface area contributed by atoms with E-state index >= 15 is 0 Å². The van der Waals surface area contributed by atoms with Gasteiger partial charge in [0, 0.05) is 32.4 Å². The van der Waals surface area contributed by atoms with Crippen molar-refractivity contribution in [2.24, 2.45) is 5.92 Å². The Kier molecular flexibility index (Phi) is 4.11. The Bertz CT molecular complexity index is 334. The highest BCUT2D eigenvalue weighted by molar-refractivity contribution is 5.78. The lowest BCUT2D eigenvalue weighted by Crippen LogP contribution is -2.47. The Morgan fingerprint density at radius 2 is 2.00 bits per heavy atom. The zero-order valence-electron chi connectivity index (χ0n) is 11.3. The molecule has 4 nitrogen and oxygen atoms in total. The molecule has 0 spiro atoms. The van der Waals surface area contributed by atoms with Gasteiger partial charge in [-0.3, -0.25) is 4.79 Å². The van der Waals surface area contributed by atoms with Crippen molar-refractivity contribution in [3.05, 3.63) is 0 Å². The minimum Gasteiger partial charge on any atom is -0.387 e. The first kappa shape index (κ1) is 14.7. The standard InChI is InChI=1S/C13H22F2N2O2/c1-17(9-12(19)6-7-16-8-12)11(18)10-2-4-13(14,15)5-3-10/h10,16,19H,2-9H2,1H3. The highest BCUT2D eigenvalue weighted by Crippen LogP contribution is 2.36. The summed E-state index contributed by atoms with van der Waals surface area (Å²) in [5.74, 6) is -3.04. The Hall–Kier alpha value is -0.750. The van der Waals surface area contributed by atoms with Crippen LogP contribution in [0.15, 0.2) is 0 Å². The molecule has 0 aromatic rings. The van der Waals surface area contributed by atoms with Crippen LogP contribution in [0.5, 0.6) is 0 Å². The quantitative estimate of drug-likeness (QED) is 0.808. The van der Waals surface area contributed by atoms with E-state index in [0.717, 1.165) is 6.54 Å². The molecule has 1 saturated carbocycles. The molecule has 19 heavy (non-hydrogen) atoms. The predicted octanol–water partition coefficient (Wildman–Crippen LogP) is 0.995. The van der Waals surface area contributed by atoms with E-state index in [1.165, 1.54) is 4.90 Å². The average Bonchev–Trinajstić information content (AvgIpc) is 2.75. The summed E-state index contributed by atoms with van der Waals surface area (Å²) < 4.78 is 26.1. The van der Waals surface area contributed by atoms with Gasteiger partial charge in [0.2, 0.25) is 11.8 Å². The summed E-state index contributed by atoms with van der Waals surface area (Å²) in [5, 5.41) is 13.3. The van der Waals surface area contributed by atoms with Gasteiger partial charge in [0.1, 0.15) is 0 Å². The largest absolute Gasteiger partial charge is 0.387 e. The highest BCUT2D eigenvalue weighted by Gasteiger charge is 2.40. The first-order chi connectivity index (χ1) is 8.81. The van der Waals surface area contributed by atoms with Crippen LogP contribution in [0, 0.1) is 5.92 Å². The summed E-state index contributed by atoms with van der Waals surface area (Å²) in [7, 11) is 1.64. The van der Waals surface area contributed by atoms with Crippen molar-refractivity contribution in [3.63, 3.8) is 0 Å². The van der Waals surface area contributed by atoms with Crippen LogP contribution in [0.25, 0.3) is 0 Å². The number of likely N-dealkylation sites (N-methyl/N-ethyl adjacent to an activating group) is 1. The Labute approximate surface area is 112 Å². The minimum atomic E-state index is -2.61. The second-order valence-corrected chi connectivity index (χ2v) is 5.98. The lowest BCUT2D eigenvalue weighted by Gasteiger charge is -2.33. The van der Waals surface area contributed by atoms with Crippen LogP contribution in [0.4, 0.5) is 8.78 Å². The average molecular weight is 276 g/mol. The fraction of sp³-hybridized carbons (Fsp3) is 0.923. The van der Waals surface area contributed by atoms with Gasteiger partial charge in [-0.2, -0.15) is 0 Å². The van der Waals surface area contributed by atoms with E-state index in [4.69, 9.17) is 0 Å². The highest BCUT2D eigenvalue weighted by atomic mass is 19.3. The third-order valence-corrected chi connectivity index (χ3v) is 4.20. The van der Waals surface area contributed by atoms with E-state index in [9.17, 15) is 18.7 Å². The molecule has 110 valence electrons. The Morgan fingerprint density at radius 1 is 1.37 bits per heavy atom. The monoisotopic (exact) mass is 276 g/mol. The number of carbonyl (C=O) groups excluding carboxylic acids is 1. The second-order valence-electron chi connectivity index (χ2n) is 5.98. The van der Waals surface area contributed by atoms with Gasteiger partial charge in [-0.05, 0) is 25.8 Å². The number of hydrogen-bond acceptors (Lipinski definition) is 3. The van der Waals surface area contributed by atoms with E-state index in [1.54, 1.807) is 7.05 Å². The minimum absolute atomic E-state index is 0.115. The normalized spacial score (nSPS) is 31.4. The molecule has 1 saturated heterocycles. The molecule has 0 radical (unpaired) electrons. The van der Waals surface area contributed by atoms with Crippen molar-refractivity contribution in [3.8, 4) is 0 Å². The van der Waals surface area contributed by atoms with E-state index in [2.05, 4.69) is 5.32 Å². The summed E-state index contributed by atoms with van der Waals surface area (Å²) in [6, 6.07) is 0. The maximum absolute atomic E-state index is 13.1. The predicted molar refractivity (Wildman–Crippen MR) is 67.0 cm³/mol. The summed E-state index contributed by atoms with van der Waals surface area (Å²) in [6.07, 6.45) is 0.694. The van der Waals surface area contributed by atoms with Gasteiger partial charge in [-0.1, -0.05) is 0 Å². The molecule has 1 heterocycles. The van der Waals surface area contributed by atoms with Crippen LogP contribution >= 0.6 is 0 Å². The summed E-state index contributed by atoms with van der Waals surface area (Å²) >= 11 is 0. The van der Waals surface area contributed by atoms with Crippen LogP contribution in [-0.2, 0) is 4.79 Å². The van der Waals surface area contributed by atoms with Gasteiger partial charge >= 0.3 is 0 Å². The number of alkyl halides is 2. The smallest absolute Gasteiger partial charge is 0.248 e.